The molecule has 0 aliphatic rings. The number of carbonyl (C=O) groups excluding carboxylic acids is 1. The summed E-state index contributed by atoms with van der Waals surface area (Å²) in [7, 11) is 0. The van der Waals surface area contributed by atoms with Crippen molar-refractivity contribution in [3.05, 3.63) is 48.6 Å². The highest BCUT2D eigenvalue weighted by molar-refractivity contribution is 5.89. The SMILES string of the molecule is C=C[C@@](O)(CF)COC(=O)c1ccccc1. The van der Waals surface area contributed by atoms with E-state index in [1.54, 1.807) is 30.3 Å². The topological polar surface area (TPSA) is 46.5 Å². The second-order valence-corrected chi connectivity index (χ2v) is 3.38. The quantitative estimate of drug-likeness (QED) is 0.612. The fourth-order valence-electron chi connectivity index (χ4n) is 1.00. The highest BCUT2D eigenvalue weighted by Gasteiger charge is 2.25. The third-order valence-electron chi connectivity index (χ3n) is 2.07. The van der Waals surface area contributed by atoms with Gasteiger partial charge in [-0.15, -0.1) is 6.58 Å². The van der Waals surface area contributed by atoms with E-state index in [0.717, 1.165) is 6.08 Å². The van der Waals surface area contributed by atoms with Gasteiger partial charge < -0.3 is 9.84 Å². The van der Waals surface area contributed by atoms with E-state index in [4.69, 9.17) is 4.74 Å². The lowest BCUT2D eigenvalue weighted by Gasteiger charge is -2.19. The van der Waals surface area contributed by atoms with Gasteiger partial charge in [0.1, 0.15) is 18.9 Å². The summed E-state index contributed by atoms with van der Waals surface area (Å²) in [5.74, 6) is -0.602. The van der Waals surface area contributed by atoms with Crippen molar-refractivity contribution < 1.29 is 19.0 Å². The van der Waals surface area contributed by atoms with E-state index in [9.17, 15) is 14.3 Å². The van der Waals surface area contributed by atoms with Crippen LogP contribution in [0.2, 0.25) is 0 Å². The Bertz CT molecular complexity index is 364. The fourth-order valence-corrected chi connectivity index (χ4v) is 1.00. The highest BCUT2D eigenvalue weighted by atomic mass is 19.1. The molecule has 0 aliphatic carbocycles. The molecule has 0 saturated heterocycles. The number of esters is 1. The van der Waals surface area contributed by atoms with Gasteiger partial charge in [-0.05, 0) is 12.1 Å². The van der Waals surface area contributed by atoms with Crippen LogP contribution in [0.15, 0.2) is 43.0 Å². The molecule has 0 bridgehead atoms. The number of benzene rings is 1. The zero-order valence-corrected chi connectivity index (χ0v) is 8.73. The van der Waals surface area contributed by atoms with Gasteiger partial charge in [-0.2, -0.15) is 0 Å². The molecule has 1 aromatic carbocycles. The number of ether oxygens (including phenoxy) is 1. The number of halogens is 1. The predicted octanol–water partition coefficient (Wildman–Crippen LogP) is 1.73. The van der Waals surface area contributed by atoms with Crippen molar-refractivity contribution >= 4 is 5.97 Å². The lowest BCUT2D eigenvalue weighted by molar-refractivity contribution is -0.0154. The van der Waals surface area contributed by atoms with Crippen LogP contribution in [0.3, 0.4) is 0 Å². The summed E-state index contributed by atoms with van der Waals surface area (Å²) in [5.41, 5.74) is -1.45. The van der Waals surface area contributed by atoms with Crippen molar-refractivity contribution in [2.75, 3.05) is 13.3 Å². The number of alkyl halides is 1. The van der Waals surface area contributed by atoms with Crippen molar-refractivity contribution in [3.63, 3.8) is 0 Å². The molecule has 1 rings (SSSR count). The second-order valence-electron chi connectivity index (χ2n) is 3.38. The first-order valence-corrected chi connectivity index (χ1v) is 4.75. The van der Waals surface area contributed by atoms with Crippen molar-refractivity contribution in [2.24, 2.45) is 0 Å². The number of hydrogen-bond donors (Lipinski definition) is 1. The van der Waals surface area contributed by atoms with Gasteiger partial charge in [-0.1, -0.05) is 24.3 Å². The maximum absolute atomic E-state index is 12.4. The first-order chi connectivity index (χ1) is 7.61. The summed E-state index contributed by atoms with van der Waals surface area (Å²) in [4.78, 5) is 11.4. The van der Waals surface area contributed by atoms with E-state index < -0.39 is 24.9 Å². The Morgan fingerprint density at radius 1 is 1.50 bits per heavy atom. The van der Waals surface area contributed by atoms with E-state index in [-0.39, 0.29) is 0 Å². The van der Waals surface area contributed by atoms with E-state index in [1.807, 2.05) is 0 Å². The third kappa shape index (κ3) is 3.17. The van der Waals surface area contributed by atoms with Crippen molar-refractivity contribution in [3.8, 4) is 0 Å². The molecule has 0 aliphatic heterocycles. The number of carbonyl (C=O) groups is 1. The first-order valence-electron chi connectivity index (χ1n) is 4.75. The molecular weight excluding hydrogens is 211 g/mol. The Morgan fingerprint density at radius 3 is 2.62 bits per heavy atom. The zero-order chi connectivity index (χ0) is 12.0. The minimum Gasteiger partial charge on any atom is -0.459 e. The Hall–Kier alpha value is -1.68. The molecule has 3 nitrogen and oxygen atoms in total. The van der Waals surface area contributed by atoms with Gasteiger partial charge in [-0.3, -0.25) is 0 Å². The van der Waals surface area contributed by atoms with Gasteiger partial charge in [0.05, 0.1) is 5.56 Å². The minimum atomic E-state index is -1.80. The van der Waals surface area contributed by atoms with Gasteiger partial charge >= 0.3 is 5.97 Å². The Balaban J connectivity index is 2.57. The molecule has 0 saturated carbocycles. The molecule has 0 unspecified atom stereocenters. The van der Waals surface area contributed by atoms with Crippen LogP contribution in [0, 0.1) is 0 Å². The van der Waals surface area contributed by atoms with Crippen LogP contribution >= 0.6 is 0 Å². The molecule has 1 atom stereocenters. The van der Waals surface area contributed by atoms with Gasteiger partial charge in [0.15, 0.2) is 0 Å². The maximum Gasteiger partial charge on any atom is 0.338 e. The zero-order valence-electron chi connectivity index (χ0n) is 8.73. The minimum absolute atomic E-state index is 0.354. The van der Waals surface area contributed by atoms with E-state index in [2.05, 4.69) is 6.58 Å². The van der Waals surface area contributed by atoms with Gasteiger partial charge in [0.25, 0.3) is 0 Å². The smallest absolute Gasteiger partial charge is 0.338 e. The molecule has 0 spiro atoms. The number of aliphatic hydroxyl groups is 1. The number of rotatable bonds is 5. The maximum atomic E-state index is 12.4. The van der Waals surface area contributed by atoms with Crippen molar-refractivity contribution in [1.82, 2.24) is 0 Å². The van der Waals surface area contributed by atoms with E-state index in [0.29, 0.717) is 5.56 Å². The number of hydrogen-bond acceptors (Lipinski definition) is 3. The molecule has 0 aromatic heterocycles. The Morgan fingerprint density at radius 2 is 2.12 bits per heavy atom. The molecular formula is C12H13FO3. The van der Waals surface area contributed by atoms with Crippen LogP contribution in [0.4, 0.5) is 4.39 Å². The lowest BCUT2D eigenvalue weighted by Crippen LogP contribution is -2.35. The van der Waals surface area contributed by atoms with Crippen molar-refractivity contribution in [1.29, 1.82) is 0 Å². The molecule has 0 amide bonds. The Labute approximate surface area is 93.2 Å². The van der Waals surface area contributed by atoms with Crippen LogP contribution in [0.5, 0.6) is 0 Å². The monoisotopic (exact) mass is 224 g/mol. The average Bonchev–Trinajstić information content (AvgIpc) is 2.36. The standard InChI is InChI=1S/C12H13FO3/c1-2-12(15,8-13)9-16-11(14)10-6-4-3-5-7-10/h2-7,15H,1,8-9H2/t12-/m1/s1. The molecule has 0 radical (unpaired) electrons. The molecule has 86 valence electrons. The lowest BCUT2D eigenvalue weighted by atomic mass is 10.1. The van der Waals surface area contributed by atoms with E-state index >= 15 is 0 Å². The van der Waals surface area contributed by atoms with Gasteiger partial charge in [0, 0.05) is 0 Å². The fraction of sp³-hybridized carbons (Fsp3) is 0.250. The third-order valence-corrected chi connectivity index (χ3v) is 2.07. The molecule has 4 heteroatoms. The first kappa shape index (κ1) is 12.4. The average molecular weight is 224 g/mol. The van der Waals surface area contributed by atoms with Crippen LogP contribution in [-0.2, 0) is 4.74 Å². The van der Waals surface area contributed by atoms with Crippen LogP contribution < -0.4 is 0 Å². The Kier molecular flexibility index (Phi) is 4.19. The summed E-state index contributed by atoms with van der Waals surface area (Å²) in [6.45, 7) is 1.79. The normalized spacial score (nSPS) is 13.9. The van der Waals surface area contributed by atoms with Gasteiger partial charge in [-0.25, -0.2) is 9.18 Å². The summed E-state index contributed by atoms with van der Waals surface area (Å²) < 4.78 is 17.2. The largest absolute Gasteiger partial charge is 0.459 e. The summed E-state index contributed by atoms with van der Waals surface area (Å²) in [6, 6.07) is 8.28. The van der Waals surface area contributed by atoms with E-state index in [1.165, 1.54) is 0 Å². The summed E-state index contributed by atoms with van der Waals surface area (Å²) in [6.07, 6.45) is 1.02. The van der Waals surface area contributed by atoms with Crippen LogP contribution in [0.1, 0.15) is 10.4 Å². The molecule has 0 heterocycles. The second kappa shape index (κ2) is 5.42. The van der Waals surface area contributed by atoms with Crippen molar-refractivity contribution in [2.45, 2.75) is 5.60 Å². The van der Waals surface area contributed by atoms with Crippen LogP contribution in [0.25, 0.3) is 0 Å². The molecule has 1 aromatic rings. The predicted molar refractivity (Wildman–Crippen MR) is 57.8 cm³/mol. The summed E-state index contributed by atoms with van der Waals surface area (Å²) in [5, 5.41) is 9.45. The highest BCUT2D eigenvalue weighted by Crippen LogP contribution is 2.09. The molecule has 16 heavy (non-hydrogen) atoms. The van der Waals surface area contributed by atoms with Gasteiger partial charge in [0.2, 0.25) is 0 Å². The summed E-state index contributed by atoms with van der Waals surface area (Å²) >= 11 is 0. The molecule has 0 fully saturated rings. The van der Waals surface area contributed by atoms with Crippen LogP contribution in [-0.4, -0.2) is 30.0 Å². The molecule has 1 N–H and O–H groups in total.